The van der Waals surface area contributed by atoms with Crippen LogP contribution in [0.3, 0.4) is 0 Å². The van der Waals surface area contributed by atoms with E-state index in [-0.39, 0.29) is 23.5 Å². The van der Waals surface area contributed by atoms with Gasteiger partial charge in [-0.2, -0.15) is 4.31 Å². The second-order valence-corrected chi connectivity index (χ2v) is 8.18. The summed E-state index contributed by atoms with van der Waals surface area (Å²) in [5.41, 5.74) is 0.822. The third-order valence-electron chi connectivity index (χ3n) is 4.68. The van der Waals surface area contributed by atoms with E-state index in [2.05, 4.69) is 0 Å². The van der Waals surface area contributed by atoms with E-state index in [9.17, 15) is 18.3 Å². The number of carboxylic acid groups (broad SMARTS) is 1. The van der Waals surface area contributed by atoms with Gasteiger partial charge in [-0.1, -0.05) is 12.1 Å². The van der Waals surface area contributed by atoms with E-state index in [0.717, 1.165) is 5.69 Å². The third-order valence-corrected chi connectivity index (χ3v) is 6.57. The van der Waals surface area contributed by atoms with Gasteiger partial charge in [0.25, 0.3) is 0 Å². The molecule has 150 valence electrons. The van der Waals surface area contributed by atoms with E-state index in [1.807, 2.05) is 4.90 Å². The van der Waals surface area contributed by atoms with Crippen molar-refractivity contribution in [2.75, 3.05) is 45.3 Å². The minimum atomic E-state index is -3.68. The summed E-state index contributed by atoms with van der Waals surface area (Å²) in [5, 5.41) is 11.0. The molecule has 2 aromatic carbocycles. The van der Waals surface area contributed by atoms with Crippen molar-refractivity contribution in [1.29, 1.82) is 0 Å². The van der Waals surface area contributed by atoms with Gasteiger partial charge in [-0.3, -0.25) is 0 Å². The van der Waals surface area contributed by atoms with Crippen LogP contribution in [0, 0.1) is 0 Å². The van der Waals surface area contributed by atoms with Crippen LogP contribution in [-0.4, -0.2) is 59.1 Å². The van der Waals surface area contributed by atoms with Crippen molar-refractivity contribution in [3.8, 4) is 11.5 Å². The molecule has 1 aliphatic heterocycles. The molecule has 3 rings (SSSR count). The van der Waals surface area contributed by atoms with Gasteiger partial charge in [0.15, 0.2) is 11.5 Å². The quantitative estimate of drug-likeness (QED) is 0.693. The number of methoxy groups -OCH3 is 2. The number of aromatic carboxylic acids is 1. The Labute approximate surface area is 164 Å². The average molecular weight is 405 g/mol. The normalized spacial score (nSPS) is 15.3. The summed E-state index contributed by atoms with van der Waals surface area (Å²) < 4.78 is 37.7. The molecule has 1 heterocycles. The van der Waals surface area contributed by atoms with Gasteiger partial charge in [0.1, 0.15) is 0 Å². The van der Waals surface area contributed by atoms with Crippen LogP contribution in [0.25, 0.3) is 0 Å². The Bertz CT molecular complexity index is 968. The molecule has 0 amide bonds. The third kappa shape index (κ3) is 3.90. The van der Waals surface area contributed by atoms with Crippen molar-refractivity contribution in [2.45, 2.75) is 4.90 Å². The first-order valence-electron chi connectivity index (χ1n) is 8.65. The zero-order chi connectivity index (χ0) is 20.3. The summed E-state index contributed by atoms with van der Waals surface area (Å²) in [7, 11) is -0.741. The van der Waals surface area contributed by atoms with E-state index in [4.69, 9.17) is 9.47 Å². The molecule has 0 aliphatic carbocycles. The van der Waals surface area contributed by atoms with Gasteiger partial charge in [0.2, 0.25) is 10.0 Å². The van der Waals surface area contributed by atoms with Crippen LogP contribution in [0.1, 0.15) is 10.4 Å². The number of carbonyl (C=O) groups excluding carboxylic acids is 1. The Kier molecular flexibility index (Phi) is 5.76. The molecule has 1 saturated heterocycles. The van der Waals surface area contributed by atoms with Crippen LogP contribution in [0.4, 0.5) is 5.69 Å². The molecule has 0 N–H and O–H groups in total. The predicted octanol–water partition coefficient (Wildman–Crippen LogP) is 0.578. The number of carbonyl (C=O) groups is 1. The van der Waals surface area contributed by atoms with Crippen molar-refractivity contribution in [1.82, 2.24) is 4.31 Å². The van der Waals surface area contributed by atoms with Crippen LogP contribution in [0.2, 0.25) is 0 Å². The number of hydrogen-bond acceptors (Lipinski definition) is 7. The van der Waals surface area contributed by atoms with Crippen molar-refractivity contribution < 1.29 is 27.8 Å². The largest absolute Gasteiger partial charge is 0.545 e. The molecular formula is C19H21N2O6S-. The fourth-order valence-corrected chi connectivity index (χ4v) is 4.58. The molecule has 2 aromatic rings. The second kappa shape index (κ2) is 8.07. The van der Waals surface area contributed by atoms with Crippen molar-refractivity contribution in [3.63, 3.8) is 0 Å². The maximum absolute atomic E-state index is 13.0. The monoisotopic (exact) mass is 405 g/mol. The molecule has 8 nitrogen and oxygen atoms in total. The second-order valence-electron chi connectivity index (χ2n) is 6.25. The van der Waals surface area contributed by atoms with Gasteiger partial charge in [-0.15, -0.1) is 0 Å². The highest BCUT2D eigenvalue weighted by atomic mass is 32.2. The van der Waals surface area contributed by atoms with E-state index in [1.54, 1.807) is 18.2 Å². The number of ether oxygens (including phenoxy) is 2. The first kappa shape index (κ1) is 20.0. The first-order chi connectivity index (χ1) is 13.4. The van der Waals surface area contributed by atoms with E-state index in [0.29, 0.717) is 24.6 Å². The maximum atomic E-state index is 13.0. The summed E-state index contributed by atoms with van der Waals surface area (Å²) in [6.45, 7) is 1.46. The summed E-state index contributed by atoms with van der Waals surface area (Å²) in [5.74, 6) is -0.433. The summed E-state index contributed by atoms with van der Waals surface area (Å²) in [6, 6.07) is 11.0. The van der Waals surface area contributed by atoms with Gasteiger partial charge in [0.05, 0.1) is 25.1 Å². The first-order valence-corrected chi connectivity index (χ1v) is 10.1. The highest BCUT2D eigenvalue weighted by Crippen LogP contribution is 2.31. The Morgan fingerprint density at radius 2 is 1.64 bits per heavy atom. The van der Waals surface area contributed by atoms with Crippen LogP contribution >= 0.6 is 0 Å². The van der Waals surface area contributed by atoms with Gasteiger partial charge >= 0.3 is 0 Å². The number of carboxylic acids is 1. The minimum Gasteiger partial charge on any atom is -0.545 e. The average Bonchev–Trinajstić information content (AvgIpc) is 2.73. The van der Waals surface area contributed by atoms with E-state index >= 15 is 0 Å². The molecule has 28 heavy (non-hydrogen) atoms. The van der Waals surface area contributed by atoms with Gasteiger partial charge < -0.3 is 24.3 Å². The molecular weight excluding hydrogens is 384 g/mol. The molecule has 0 radical (unpaired) electrons. The number of hydrogen-bond donors (Lipinski definition) is 0. The van der Waals surface area contributed by atoms with Crippen LogP contribution < -0.4 is 19.5 Å². The number of sulfonamides is 1. The van der Waals surface area contributed by atoms with E-state index < -0.39 is 16.0 Å². The SMILES string of the molecule is COc1ccc(S(=O)(=O)N2CCN(c3cccc(C(=O)[O-])c3)CC2)cc1OC. The van der Waals surface area contributed by atoms with Crippen LogP contribution in [-0.2, 0) is 10.0 Å². The van der Waals surface area contributed by atoms with Crippen molar-refractivity contribution in [3.05, 3.63) is 48.0 Å². The number of anilines is 1. The lowest BCUT2D eigenvalue weighted by Gasteiger charge is -2.35. The lowest BCUT2D eigenvalue weighted by Crippen LogP contribution is -2.48. The van der Waals surface area contributed by atoms with Crippen molar-refractivity contribution in [2.24, 2.45) is 0 Å². The number of benzene rings is 2. The molecule has 0 unspecified atom stereocenters. The highest BCUT2D eigenvalue weighted by molar-refractivity contribution is 7.89. The Morgan fingerprint density at radius 3 is 2.25 bits per heavy atom. The minimum absolute atomic E-state index is 0.0953. The molecule has 0 saturated carbocycles. The van der Waals surface area contributed by atoms with Crippen molar-refractivity contribution >= 4 is 21.7 Å². The molecule has 1 aliphatic rings. The molecule has 0 bridgehead atoms. The standard InChI is InChI=1S/C19H22N2O6S/c1-26-17-7-6-16(13-18(17)27-2)28(24,25)21-10-8-20(9-11-21)15-5-3-4-14(12-15)19(22)23/h3-7,12-13H,8-11H2,1-2H3,(H,22,23)/p-1. The fourth-order valence-electron chi connectivity index (χ4n) is 3.14. The Hall–Kier alpha value is -2.78. The summed E-state index contributed by atoms with van der Waals surface area (Å²) in [6.07, 6.45) is 0. The van der Waals surface area contributed by atoms with Gasteiger partial charge in [0, 0.05) is 37.9 Å². The highest BCUT2D eigenvalue weighted by Gasteiger charge is 2.29. The van der Waals surface area contributed by atoms with Crippen LogP contribution in [0.15, 0.2) is 47.4 Å². The van der Waals surface area contributed by atoms with E-state index in [1.165, 1.54) is 42.8 Å². The Morgan fingerprint density at radius 1 is 0.964 bits per heavy atom. The summed E-state index contributed by atoms with van der Waals surface area (Å²) in [4.78, 5) is 13.1. The molecule has 0 spiro atoms. The number of piperazine rings is 1. The topological polar surface area (TPSA) is 99.2 Å². The maximum Gasteiger partial charge on any atom is 0.243 e. The molecule has 0 atom stereocenters. The summed E-state index contributed by atoms with van der Waals surface area (Å²) >= 11 is 0. The van der Waals surface area contributed by atoms with Gasteiger partial charge in [-0.25, -0.2) is 8.42 Å². The number of rotatable bonds is 6. The Balaban J connectivity index is 1.75. The molecule has 0 aromatic heterocycles. The zero-order valence-electron chi connectivity index (χ0n) is 15.6. The fraction of sp³-hybridized carbons (Fsp3) is 0.316. The van der Waals surface area contributed by atoms with Gasteiger partial charge in [-0.05, 0) is 29.8 Å². The zero-order valence-corrected chi connectivity index (χ0v) is 16.4. The molecule has 9 heteroatoms. The lowest BCUT2D eigenvalue weighted by atomic mass is 10.2. The lowest BCUT2D eigenvalue weighted by molar-refractivity contribution is -0.255. The van der Waals surface area contributed by atoms with Crippen LogP contribution in [0.5, 0.6) is 11.5 Å². The smallest absolute Gasteiger partial charge is 0.243 e. The number of nitrogens with zero attached hydrogens (tertiary/aromatic N) is 2. The predicted molar refractivity (Wildman–Crippen MR) is 101 cm³/mol. The molecule has 1 fully saturated rings.